The molecule has 0 atom stereocenters. The van der Waals surface area contributed by atoms with Gasteiger partial charge in [-0.25, -0.2) is 19.9 Å². The lowest BCUT2D eigenvalue weighted by Crippen LogP contribution is -2.14. The van der Waals surface area contributed by atoms with E-state index < -0.39 is 0 Å². The number of hydrogen-bond acceptors (Lipinski definition) is 4. The molecule has 0 fully saturated rings. The van der Waals surface area contributed by atoms with Crippen LogP contribution in [-0.4, -0.2) is 19.9 Å². The highest BCUT2D eigenvalue weighted by molar-refractivity contribution is 6.15. The van der Waals surface area contributed by atoms with Gasteiger partial charge in [-0.2, -0.15) is 0 Å². The molecule has 9 aromatic carbocycles. The van der Waals surface area contributed by atoms with Crippen LogP contribution in [0.3, 0.4) is 0 Å². The zero-order chi connectivity index (χ0) is 42.1. The molecule has 0 radical (unpaired) electrons. The molecule has 0 N–H and O–H groups in total. The van der Waals surface area contributed by atoms with Crippen LogP contribution in [0, 0.1) is 0 Å². The van der Waals surface area contributed by atoms with Gasteiger partial charge in [-0.15, -0.1) is 0 Å². The number of benzene rings is 9. The zero-order valence-corrected chi connectivity index (χ0v) is 34.9. The normalized spacial score (nSPS) is 12.7. The van der Waals surface area contributed by atoms with Crippen LogP contribution < -0.4 is 0 Å². The summed E-state index contributed by atoms with van der Waals surface area (Å²) in [6.07, 6.45) is 0. The molecule has 0 aliphatic heterocycles. The Morgan fingerprint density at radius 2 is 0.794 bits per heavy atom. The van der Waals surface area contributed by atoms with Gasteiger partial charge in [0, 0.05) is 38.4 Å². The van der Waals surface area contributed by atoms with Crippen LogP contribution in [0.1, 0.15) is 25.0 Å². The molecule has 0 spiro atoms. The number of hydrogen-bond donors (Lipinski definition) is 0. The monoisotopic (exact) mass is 804 g/mol. The lowest BCUT2D eigenvalue weighted by molar-refractivity contribution is 0.660. The van der Waals surface area contributed by atoms with E-state index in [1.165, 1.54) is 27.6 Å². The number of rotatable bonds is 6. The summed E-state index contributed by atoms with van der Waals surface area (Å²) in [5.41, 5.74) is 15.5. The fraction of sp³-hybridized carbons (Fsp3) is 0.0508. The van der Waals surface area contributed by atoms with E-state index in [0.717, 1.165) is 77.3 Å². The predicted molar refractivity (Wildman–Crippen MR) is 260 cm³/mol. The molecule has 2 aromatic heterocycles. The quantitative estimate of drug-likeness (QED) is 0.157. The Balaban J connectivity index is 1.10. The second kappa shape index (κ2) is 14.5. The first-order valence-corrected chi connectivity index (χ1v) is 21.6. The molecule has 0 unspecified atom stereocenters. The van der Waals surface area contributed by atoms with Gasteiger partial charge >= 0.3 is 0 Å². The lowest BCUT2D eigenvalue weighted by Gasteiger charge is -2.21. The summed E-state index contributed by atoms with van der Waals surface area (Å²) in [7, 11) is 0. The van der Waals surface area contributed by atoms with Gasteiger partial charge in [0.05, 0.1) is 11.2 Å². The van der Waals surface area contributed by atoms with Crippen molar-refractivity contribution >= 4 is 32.4 Å². The van der Waals surface area contributed by atoms with Crippen molar-refractivity contribution in [2.45, 2.75) is 19.3 Å². The van der Waals surface area contributed by atoms with E-state index in [1.54, 1.807) is 0 Å². The molecule has 2 heterocycles. The topological polar surface area (TPSA) is 51.6 Å². The molecule has 1 aliphatic carbocycles. The summed E-state index contributed by atoms with van der Waals surface area (Å²) in [5, 5.41) is 5.78. The van der Waals surface area contributed by atoms with Crippen molar-refractivity contribution in [3.63, 3.8) is 0 Å². The van der Waals surface area contributed by atoms with E-state index in [2.05, 4.69) is 184 Å². The summed E-state index contributed by atoms with van der Waals surface area (Å²) in [5.74, 6) is 1.88. The summed E-state index contributed by atoms with van der Waals surface area (Å²) in [6.45, 7) is 4.66. The molecule has 0 bridgehead atoms. The summed E-state index contributed by atoms with van der Waals surface area (Å²) in [4.78, 5) is 20.8. The Morgan fingerprint density at radius 1 is 0.286 bits per heavy atom. The molecule has 4 heteroatoms. The Bertz CT molecular complexity index is 3540. The average molecular weight is 805 g/mol. The lowest BCUT2D eigenvalue weighted by atomic mass is 9.82. The van der Waals surface area contributed by atoms with Gasteiger partial charge in [0.15, 0.2) is 17.5 Å². The van der Waals surface area contributed by atoms with Gasteiger partial charge in [-0.05, 0) is 91.0 Å². The van der Waals surface area contributed by atoms with Crippen molar-refractivity contribution in [3.8, 4) is 78.8 Å². The number of fused-ring (bicyclic) bond motifs is 7. The Morgan fingerprint density at radius 3 is 1.51 bits per heavy atom. The predicted octanol–water partition coefficient (Wildman–Crippen LogP) is 15.0. The van der Waals surface area contributed by atoms with Crippen LogP contribution in [0.15, 0.2) is 206 Å². The molecule has 0 saturated heterocycles. The van der Waals surface area contributed by atoms with Crippen LogP contribution in [0.4, 0.5) is 0 Å². The molecule has 11 aromatic rings. The summed E-state index contributed by atoms with van der Waals surface area (Å²) >= 11 is 0. The summed E-state index contributed by atoms with van der Waals surface area (Å²) < 4.78 is 0. The van der Waals surface area contributed by atoms with E-state index in [0.29, 0.717) is 17.5 Å². The number of aromatic nitrogens is 4. The molecule has 1 aliphatic rings. The third-order valence-electron chi connectivity index (χ3n) is 12.9. The minimum Gasteiger partial charge on any atom is -0.247 e. The van der Waals surface area contributed by atoms with Gasteiger partial charge < -0.3 is 0 Å². The minimum absolute atomic E-state index is 0.0874. The van der Waals surface area contributed by atoms with Gasteiger partial charge in [0.2, 0.25) is 0 Å². The first-order chi connectivity index (χ1) is 31.0. The summed E-state index contributed by atoms with van der Waals surface area (Å²) in [6, 6.07) is 73.3. The Hall–Kier alpha value is -8.08. The molecule has 63 heavy (non-hydrogen) atoms. The van der Waals surface area contributed by atoms with E-state index in [-0.39, 0.29) is 5.41 Å². The number of nitrogens with zero attached hydrogens (tertiary/aromatic N) is 4. The Labute approximate surface area is 366 Å². The van der Waals surface area contributed by atoms with Crippen LogP contribution in [0.2, 0.25) is 0 Å². The number of para-hydroxylation sites is 1. The van der Waals surface area contributed by atoms with Crippen molar-refractivity contribution in [2.75, 3.05) is 0 Å². The molecule has 296 valence electrons. The highest BCUT2D eigenvalue weighted by Gasteiger charge is 2.35. The zero-order valence-electron chi connectivity index (χ0n) is 34.9. The van der Waals surface area contributed by atoms with Gasteiger partial charge in [-0.3, -0.25) is 0 Å². The van der Waals surface area contributed by atoms with Crippen molar-refractivity contribution in [2.24, 2.45) is 0 Å². The maximum absolute atomic E-state index is 5.33. The Kier molecular flexibility index (Phi) is 8.48. The second-order valence-corrected chi connectivity index (χ2v) is 17.0. The average Bonchev–Trinajstić information content (AvgIpc) is 3.58. The fourth-order valence-electron chi connectivity index (χ4n) is 9.78. The third-order valence-corrected chi connectivity index (χ3v) is 12.9. The van der Waals surface area contributed by atoms with Gasteiger partial charge in [0.1, 0.15) is 0 Å². The van der Waals surface area contributed by atoms with E-state index in [9.17, 15) is 0 Å². The SMILES string of the molecule is CC1(C)c2ccccc2-c2cc(-c3cc(-c4nc(-c5ccccc5)nc(-c5ccccc5)n4)cc(-c4ccc(-c5nc6ccccc6c6ccccc56)c5ccccc45)c3)ccc21. The first kappa shape index (κ1) is 36.7. The van der Waals surface area contributed by atoms with E-state index in [4.69, 9.17) is 19.9 Å². The second-order valence-electron chi connectivity index (χ2n) is 17.0. The molecular formula is C59H40N4. The minimum atomic E-state index is -0.0874. The maximum atomic E-state index is 5.33. The largest absolute Gasteiger partial charge is 0.247 e. The smallest absolute Gasteiger partial charge is 0.164 e. The highest BCUT2D eigenvalue weighted by atomic mass is 15.0. The molecular weight excluding hydrogens is 765 g/mol. The third kappa shape index (κ3) is 6.14. The van der Waals surface area contributed by atoms with Crippen molar-refractivity contribution < 1.29 is 0 Å². The number of pyridine rings is 1. The maximum Gasteiger partial charge on any atom is 0.164 e. The fourth-order valence-corrected chi connectivity index (χ4v) is 9.78. The van der Waals surface area contributed by atoms with E-state index in [1.807, 2.05) is 36.4 Å². The molecule has 0 amide bonds. The molecule has 0 saturated carbocycles. The van der Waals surface area contributed by atoms with Gasteiger partial charge in [-0.1, -0.05) is 190 Å². The van der Waals surface area contributed by atoms with Crippen molar-refractivity contribution in [3.05, 3.63) is 217 Å². The van der Waals surface area contributed by atoms with Crippen molar-refractivity contribution in [1.29, 1.82) is 0 Å². The van der Waals surface area contributed by atoms with Gasteiger partial charge in [0.25, 0.3) is 0 Å². The van der Waals surface area contributed by atoms with E-state index >= 15 is 0 Å². The highest BCUT2D eigenvalue weighted by Crippen LogP contribution is 2.50. The first-order valence-electron chi connectivity index (χ1n) is 21.6. The van der Waals surface area contributed by atoms with Crippen LogP contribution >= 0.6 is 0 Å². The van der Waals surface area contributed by atoms with Crippen molar-refractivity contribution in [1.82, 2.24) is 19.9 Å². The van der Waals surface area contributed by atoms with Crippen LogP contribution in [-0.2, 0) is 5.41 Å². The molecule has 4 nitrogen and oxygen atoms in total. The van der Waals surface area contributed by atoms with Crippen LogP contribution in [0.25, 0.3) is 111 Å². The van der Waals surface area contributed by atoms with Crippen LogP contribution in [0.5, 0.6) is 0 Å². The standard InChI is InChI=1S/C59H40N4/c1-59(2)52-27-15-13-24-47(52)51-36-39(29-32-53(51)59)40-33-41(35-42(34-40)58-62-56(37-17-5-3-6-18-37)61-57(63-58)38-19-7-4-8-20-38)43-30-31-50(45-22-10-9-21-44(43)45)55-49-26-12-11-23-46(49)48-25-14-16-28-54(48)60-55/h3-36H,1-2H3. The molecule has 12 rings (SSSR count).